The van der Waals surface area contributed by atoms with E-state index in [4.69, 9.17) is 11.6 Å². The molecule has 200 valence electrons. The maximum atomic E-state index is 13.0. The molecule has 4 rings (SSSR count). The fraction of sp³-hybridized carbons (Fsp3) is 0.367. The number of benzene rings is 2. The molecule has 1 fully saturated rings. The Morgan fingerprint density at radius 2 is 1.87 bits per heavy atom. The van der Waals surface area contributed by atoms with E-state index in [1.807, 2.05) is 56.3 Å². The van der Waals surface area contributed by atoms with E-state index >= 15 is 0 Å². The number of halogens is 1. The Balaban J connectivity index is 1.32. The summed E-state index contributed by atoms with van der Waals surface area (Å²) in [5, 5.41) is 16.5. The van der Waals surface area contributed by atoms with Crippen molar-refractivity contribution < 1.29 is 14.7 Å². The number of pyridine rings is 1. The highest BCUT2D eigenvalue weighted by atomic mass is 35.5. The molecule has 1 aromatic heterocycles. The van der Waals surface area contributed by atoms with Gasteiger partial charge in [-0.1, -0.05) is 36.7 Å². The zero-order valence-electron chi connectivity index (χ0n) is 21.9. The van der Waals surface area contributed by atoms with Crippen molar-refractivity contribution in [3.05, 3.63) is 88.1 Å². The first kappa shape index (κ1) is 27.5. The summed E-state index contributed by atoms with van der Waals surface area (Å²) in [7, 11) is 0. The molecule has 1 aliphatic rings. The number of piperidine rings is 1. The molecule has 7 nitrogen and oxygen atoms in total. The molecule has 0 bridgehead atoms. The van der Waals surface area contributed by atoms with Gasteiger partial charge in [-0.3, -0.25) is 4.79 Å². The zero-order valence-corrected chi connectivity index (χ0v) is 22.7. The lowest BCUT2D eigenvalue weighted by Gasteiger charge is -2.34. The van der Waals surface area contributed by atoms with Gasteiger partial charge < -0.3 is 20.6 Å². The number of carboxylic acid groups (broad SMARTS) is 1. The van der Waals surface area contributed by atoms with Crippen molar-refractivity contribution >= 4 is 35.0 Å². The van der Waals surface area contributed by atoms with Gasteiger partial charge in [-0.05, 0) is 85.2 Å². The van der Waals surface area contributed by atoms with E-state index < -0.39 is 12.0 Å². The number of carboxylic acids is 1. The van der Waals surface area contributed by atoms with Crippen LogP contribution in [0.15, 0.2) is 60.8 Å². The van der Waals surface area contributed by atoms with Gasteiger partial charge in [0, 0.05) is 48.5 Å². The summed E-state index contributed by atoms with van der Waals surface area (Å²) in [4.78, 5) is 31.7. The van der Waals surface area contributed by atoms with E-state index in [0.29, 0.717) is 22.9 Å². The van der Waals surface area contributed by atoms with Gasteiger partial charge in [-0.2, -0.15) is 0 Å². The summed E-state index contributed by atoms with van der Waals surface area (Å²) in [6.07, 6.45) is 4.82. The molecule has 0 spiro atoms. The average molecular weight is 535 g/mol. The number of carbonyl (C=O) groups is 2. The molecule has 1 unspecified atom stereocenters. The van der Waals surface area contributed by atoms with Gasteiger partial charge in [0.2, 0.25) is 0 Å². The minimum absolute atomic E-state index is 0.205. The van der Waals surface area contributed by atoms with E-state index in [-0.39, 0.29) is 12.3 Å². The smallest absolute Gasteiger partial charge is 0.326 e. The number of amides is 1. The average Bonchev–Trinajstić information content (AvgIpc) is 2.92. The number of nitrogens with zero attached hydrogens (tertiary/aromatic N) is 2. The highest BCUT2D eigenvalue weighted by Crippen LogP contribution is 2.25. The number of hydrogen-bond acceptors (Lipinski definition) is 5. The summed E-state index contributed by atoms with van der Waals surface area (Å²) < 4.78 is 0. The van der Waals surface area contributed by atoms with Crippen LogP contribution in [0.4, 0.5) is 11.5 Å². The van der Waals surface area contributed by atoms with Crippen LogP contribution < -0.4 is 15.5 Å². The lowest BCUT2D eigenvalue weighted by molar-refractivity contribution is -0.139. The molecule has 3 aromatic rings. The third kappa shape index (κ3) is 7.04. The van der Waals surface area contributed by atoms with Crippen molar-refractivity contribution in [2.24, 2.45) is 5.92 Å². The summed E-state index contributed by atoms with van der Waals surface area (Å²) in [6, 6.07) is 16.3. The van der Waals surface area contributed by atoms with Gasteiger partial charge in [-0.25, -0.2) is 9.78 Å². The topological polar surface area (TPSA) is 94.6 Å². The fourth-order valence-corrected chi connectivity index (χ4v) is 5.33. The van der Waals surface area contributed by atoms with Crippen LogP contribution in [0.25, 0.3) is 0 Å². The largest absolute Gasteiger partial charge is 0.480 e. The molecule has 1 aliphatic heterocycles. The fourth-order valence-electron chi connectivity index (χ4n) is 5.04. The summed E-state index contributed by atoms with van der Waals surface area (Å²) in [5.41, 5.74) is 4.02. The highest BCUT2D eigenvalue weighted by molar-refractivity contribution is 6.30. The van der Waals surface area contributed by atoms with Gasteiger partial charge >= 0.3 is 5.97 Å². The van der Waals surface area contributed by atoms with Crippen LogP contribution in [-0.4, -0.2) is 47.6 Å². The quantitative estimate of drug-likeness (QED) is 0.324. The molecule has 1 atom stereocenters. The van der Waals surface area contributed by atoms with Crippen LogP contribution in [0.1, 0.15) is 46.8 Å². The standard InChI is InChI=1S/C30H35ClN4O3/c1-3-23-18-24(31)16-20(2)28(23)29(36)34-26(30(37)38)17-21-7-9-25(10-8-21)35-14-11-22(12-15-35)19-33-27-6-4-5-13-32-27/h4-10,13,16,18,22,26H,3,11-12,14-15,17,19H2,1-2H3,(H,32,33)(H,34,36)(H,37,38). The van der Waals surface area contributed by atoms with Crippen LogP contribution in [0.2, 0.25) is 5.02 Å². The number of carbonyl (C=O) groups excluding carboxylic acids is 1. The van der Waals surface area contributed by atoms with Crippen LogP contribution >= 0.6 is 11.6 Å². The molecule has 0 saturated carbocycles. The maximum absolute atomic E-state index is 13.0. The number of anilines is 2. The van der Waals surface area contributed by atoms with Gasteiger partial charge in [0.1, 0.15) is 11.9 Å². The Hall–Kier alpha value is -3.58. The summed E-state index contributed by atoms with van der Waals surface area (Å²) in [6.45, 7) is 6.62. The molecule has 38 heavy (non-hydrogen) atoms. The Morgan fingerprint density at radius 3 is 2.50 bits per heavy atom. The Bertz CT molecular complexity index is 1240. The zero-order chi connectivity index (χ0) is 27.1. The Kier molecular flexibility index (Phi) is 9.24. The van der Waals surface area contributed by atoms with Crippen molar-refractivity contribution in [2.75, 3.05) is 29.9 Å². The lowest BCUT2D eigenvalue weighted by atomic mass is 9.96. The first-order valence-corrected chi connectivity index (χ1v) is 13.5. The summed E-state index contributed by atoms with van der Waals surface area (Å²) in [5.74, 6) is 0.0642. The number of aryl methyl sites for hydroxylation is 2. The highest BCUT2D eigenvalue weighted by Gasteiger charge is 2.24. The molecular weight excluding hydrogens is 500 g/mol. The molecule has 0 radical (unpaired) electrons. The third-order valence-corrected chi connectivity index (χ3v) is 7.40. The second kappa shape index (κ2) is 12.8. The molecule has 3 N–H and O–H groups in total. The van der Waals surface area contributed by atoms with E-state index in [9.17, 15) is 14.7 Å². The van der Waals surface area contributed by atoms with Crippen molar-refractivity contribution in [3.63, 3.8) is 0 Å². The van der Waals surface area contributed by atoms with Crippen molar-refractivity contribution in [3.8, 4) is 0 Å². The van der Waals surface area contributed by atoms with Gasteiger partial charge in [0.05, 0.1) is 0 Å². The van der Waals surface area contributed by atoms with Gasteiger partial charge in [-0.15, -0.1) is 0 Å². The van der Waals surface area contributed by atoms with E-state index in [2.05, 4.69) is 20.5 Å². The maximum Gasteiger partial charge on any atom is 0.326 e. The van der Waals surface area contributed by atoms with Gasteiger partial charge in [0.15, 0.2) is 0 Å². The Labute approximate surface area is 229 Å². The molecule has 1 amide bonds. The van der Waals surface area contributed by atoms with Crippen LogP contribution in [-0.2, 0) is 17.6 Å². The second-order valence-electron chi connectivity index (χ2n) is 9.87. The molecule has 8 heteroatoms. The predicted molar refractivity (Wildman–Crippen MR) is 152 cm³/mol. The molecule has 2 aromatic carbocycles. The van der Waals surface area contributed by atoms with Crippen LogP contribution in [0.5, 0.6) is 0 Å². The number of aliphatic carboxylic acids is 1. The lowest BCUT2D eigenvalue weighted by Crippen LogP contribution is -2.42. The van der Waals surface area contributed by atoms with Crippen molar-refractivity contribution in [1.29, 1.82) is 0 Å². The number of rotatable bonds is 10. The number of nitrogens with one attached hydrogen (secondary N) is 2. The van der Waals surface area contributed by atoms with E-state index in [0.717, 1.165) is 60.7 Å². The number of aromatic nitrogens is 1. The first-order chi connectivity index (χ1) is 18.3. The van der Waals surface area contributed by atoms with E-state index in [1.165, 1.54) is 0 Å². The van der Waals surface area contributed by atoms with Crippen molar-refractivity contribution in [1.82, 2.24) is 10.3 Å². The molecule has 2 heterocycles. The summed E-state index contributed by atoms with van der Waals surface area (Å²) >= 11 is 6.15. The minimum atomic E-state index is -1.06. The first-order valence-electron chi connectivity index (χ1n) is 13.2. The molecule has 0 aliphatic carbocycles. The monoisotopic (exact) mass is 534 g/mol. The van der Waals surface area contributed by atoms with Crippen LogP contribution in [0, 0.1) is 12.8 Å². The minimum Gasteiger partial charge on any atom is -0.480 e. The second-order valence-corrected chi connectivity index (χ2v) is 10.3. The van der Waals surface area contributed by atoms with Crippen molar-refractivity contribution in [2.45, 2.75) is 45.6 Å². The third-order valence-electron chi connectivity index (χ3n) is 7.19. The molecular formula is C30H35ClN4O3. The number of hydrogen-bond donors (Lipinski definition) is 3. The SMILES string of the molecule is CCc1cc(Cl)cc(C)c1C(=O)NC(Cc1ccc(N2CCC(CNc3ccccn3)CC2)cc1)C(=O)O. The normalized spacial score (nSPS) is 14.7. The van der Waals surface area contributed by atoms with Gasteiger partial charge in [0.25, 0.3) is 5.91 Å². The van der Waals surface area contributed by atoms with Crippen LogP contribution in [0.3, 0.4) is 0 Å². The predicted octanol–water partition coefficient (Wildman–Crippen LogP) is 5.36. The van der Waals surface area contributed by atoms with E-state index in [1.54, 1.807) is 18.3 Å². The Morgan fingerprint density at radius 1 is 1.13 bits per heavy atom. The molecule has 1 saturated heterocycles.